The molecule has 88 valence electrons. The van der Waals surface area contributed by atoms with Crippen molar-refractivity contribution >= 4 is 40.3 Å². The van der Waals surface area contributed by atoms with Gasteiger partial charge in [-0.3, -0.25) is 4.79 Å². The summed E-state index contributed by atoms with van der Waals surface area (Å²) in [5, 5.41) is 12.7. The summed E-state index contributed by atoms with van der Waals surface area (Å²) in [6.07, 6.45) is 2.00. The van der Waals surface area contributed by atoms with Crippen molar-refractivity contribution in [2.45, 2.75) is 12.2 Å². The summed E-state index contributed by atoms with van der Waals surface area (Å²) < 4.78 is 0.929. The number of hydrogen-bond donors (Lipinski definition) is 2. The van der Waals surface area contributed by atoms with Gasteiger partial charge < -0.3 is 10.4 Å². The number of carbonyl (C=O) groups is 1. The molecule has 3 nitrogen and oxygen atoms in total. The monoisotopic (exact) mass is 351 g/mol. The van der Waals surface area contributed by atoms with E-state index in [0.717, 1.165) is 3.57 Å². The normalized spacial score (nSPS) is 12.2. The zero-order valence-electron chi connectivity index (χ0n) is 9.16. The summed E-state index contributed by atoms with van der Waals surface area (Å²) in [5.41, 5.74) is 0.334. The summed E-state index contributed by atoms with van der Waals surface area (Å²) in [6.45, 7) is 2.64. The summed E-state index contributed by atoms with van der Waals surface area (Å²) in [4.78, 5) is 11.8. The highest BCUT2D eigenvalue weighted by atomic mass is 127. The first-order valence-electron chi connectivity index (χ1n) is 4.84. The van der Waals surface area contributed by atoms with Crippen molar-refractivity contribution in [1.82, 2.24) is 5.32 Å². The third-order valence-electron chi connectivity index (χ3n) is 2.16. The molecule has 1 atom stereocenters. The van der Waals surface area contributed by atoms with E-state index in [9.17, 15) is 9.90 Å². The highest BCUT2D eigenvalue weighted by Crippen LogP contribution is 2.19. The van der Waals surface area contributed by atoms with Crippen LogP contribution >= 0.6 is 34.4 Å². The fraction of sp³-hybridized carbons (Fsp3) is 0.364. The standard InChI is InChI=1S/C11H14INO2S/c1-7(16-2)6-13-11(15)9-5-8(12)3-4-10(9)14/h3-5,7,14H,6H2,1-2H3,(H,13,15). The lowest BCUT2D eigenvalue weighted by Gasteiger charge is -2.10. The van der Waals surface area contributed by atoms with Crippen molar-refractivity contribution < 1.29 is 9.90 Å². The van der Waals surface area contributed by atoms with Crippen LogP contribution in [0.15, 0.2) is 18.2 Å². The van der Waals surface area contributed by atoms with Crippen molar-refractivity contribution in [3.8, 4) is 5.75 Å². The molecular formula is C11H14INO2S. The lowest BCUT2D eigenvalue weighted by atomic mass is 10.2. The van der Waals surface area contributed by atoms with Gasteiger partial charge in [-0.25, -0.2) is 0 Å². The number of phenols is 1. The van der Waals surface area contributed by atoms with Crippen molar-refractivity contribution in [2.24, 2.45) is 0 Å². The number of hydrogen-bond acceptors (Lipinski definition) is 3. The van der Waals surface area contributed by atoms with Gasteiger partial charge in [0.05, 0.1) is 5.56 Å². The van der Waals surface area contributed by atoms with Gasteiger partial charge in [-0.2, -0.15) is 11.8 Å². The fourth-order valence-electron chi connectivity index (χ4n) is 1.11. The van der Waals surface area contributed by atoms with Gasteiger partial charge in [0.25, 0.3) is 5.91 Å². The molecule has 0 fully saturated rings. The molecule has 0 bridgehead atoms. The highest BCUT2D eigenvalue weighted by Gasteiger charge is 2.11. The average molecular weight is 351 g/mol. The van der Waals surface area contributed by atoms with Crippen LogP contribution in [0.1, 0.15) is 17.3 Å². The van der Waals surface area contributed by atoms with E-state index in [2.05, 4.69) is 27.9 Å². The van der Waals surface area contributed by atoms with E-state index in [1.54, 1.807) is 23.9 Å². The van der Waals surface area contributed by atoms with E-state index in [4.69, 9.17) is 0 Å². The molecule has 0 heterocycles. The van der Waals surface area contributed by atoms with Gasteiger partial charge in [-0.05, 0) is 47.0 Å². The molecular weight excluding hydrogens is 337 g/mol. The van der Waals surface area contributed by atoms with Crippen LogP contribution in [-0.2, 0) is 0 Å². The molecule has 1 aromatic carbocycles. The molecule has 5 heteroatoms. The zero-order valence-corrected chi connectivity index (χ0v) is 12.1. The maximum atomic E-state index is 11.8. The maximum absolute atomic E-state index is 11.8. The Balaban J connectivity index is 2.69. The third-order valence-corrected chi connectivity index (χ3v) is 3.80. The molecule has 1 unspecified atom stereocenters. The second-order valence-corrected chi connectivity index (χ2v) is 5.94. The Kier molecular flexibility index (Phi) is 5.40. The van der Waals surface area contributed by atoms with Crippen molar-refractivity contribution in [1.29, 1.82) is 0 Å². The number of phenolic OH excluding ortho intramolecular Hbond substituents is 1. The molecule has 1 aromatic rings. The summed E-state index contributed by atoms with van der Waals surface area (Å²) in [7, 11) is 0. The minimum absolute atomic E-state index is 0.0229. The fourth-order valence-corrected chi connectivity index (χ4v) is 1.85. The predicted octanol–water partition coefficient (Wildman–Crippen LogP) is 2.48. The van der Waals surface area contributed by atoms with Gasteiger partial charge >= 0.3 is 0 Å². The Morgan fingerprint density at radius 1 is 1.62 bits per heavy atom. The topological polar surface area (TPSA) is 49.3 Å². The lowest BCUT2D eigenvalue weighted by molar-refractivity contribution is 0.0951. The average Bonchev–Trinajstić information content (AvgIpc) is 2.28. The lowest BCUT2D eigenvalue weighted by Crippen LogP contribution is -2.29. The van der Waals surface area contributed by atoms with E-state index in [0.29, 0.717) is 17.4 Å². The quantitative estimate of drug-likeness (QED) is 0.820. The highest BCUT2D eigenvalue weighted by molar-refractivity contribution is 14.1. The Labute approximate surface area is 113 Å². The minimum atomic E-state index is -0.225. The largest absolute Gasteiger partial charge is 0.507 e. The van der Waals surface area contributed by atoms with E-state index in [1.807, 2.05) is 13.2 Å². The van der Waals surface area contributed by atoms with Gasteiger partial charge in [-0.1, -0.05) is 6.92 Å². The molecule has 1 amide bonds. The predicted molar refractivity (Wildman–Crippen MR) is 76.1 cm³/mol. The second-order valence-electron chi connectivity index (χ2n) is 3.42. The Bertz CT molecular complexity index is 384. The van der Waals surface area contributed by atoms with Crippen molar-refractivity contribution in [3.63, 3.8) is 0 Å². The molecule has 1 rings (SSSR count). The number of nitrogens with one attached hydrogen (secondary N) is 1. The van der Waals surface area contributed by atoms with Crippen LogP contribution in [0.5, 0.6) is 5.75 Å². The van der Waals surface area contributed by atoms with Gasteiger partial charge in [0.15, 0.2) is 0 Å². The van der Waals surface area contributed by atoms with Crippen LogP contribution in [0, 0.1) is 3.57 Å². The minimum Gasteiger partial charge on any atom is -0.507 e. The molecule has 0 aliphatic rings. The zero-order chi connectivity index (χ0) is 12.1. The van der Waals surface area contributed by atoms with Crippen LogP contribution in [0.4, 0.5) is 0 Å². The first kappa shape index (κ1) is 13.6. The van der Waals surface area contributed by atoms with Gasteiger partial charge in [0.1, 0.15) is 5.75 Å². The molecule has 2 N–H and O–H groups in total. The van der Waals surface area contributed by atoms with Gasteiger partial charge in [-0.15, -0.1) is 0 Å². The molecule has 0 saturated carbocycles. The van der Waals surface area contributed by atoms with Crippen molar-refractivity contribution in [2.75, 3.05) is 12.8 Å². The second kappa shape index (κ2) is 6.34. The molecule has 0 spiro atoms. The van der Waals surface area contributed by atoms with Crippen LogP contribution < -0.4 is 5.32 Å². The number of aromatic hydroxyl groups is 1. The first-order valence-corrected chi connectivity index (χ1v) is 7.20. The molecule has 0 aliphatic heterocycles. The third kappa shape index (κ3) is 3.86. The summed E-state index contributed by atoms with van der Waals surface area (Å²) in [6, 6.07) is 4.97. The van der Waals surface area contributed by atoms with Gasteiger partial charge in [0, 0.05) is 15.4 Å². The number of rotatable bonds is 4. The Morgan fingerprint density at radius 3 is 2.94 bits per heavy atom. The number of halogens is 1. The maximum Gasteiger partial charge on any atom is 0.255 e. The smallest absolute Gasteiger partial charge is 0.255 e. The number of thioether (sulfide) groups is 1. The van der Waals surface area contributed by atoms with Gasteiger partial charge in [0.2, 0.25) is 0 Å². The molecule has 0 aliphatic carbocycles. The number of amides is 1. The summed E-state index contributed by atoms with van der Waals surface area (Å²) in [5.74, 6) is -0.202. The molecule has 0 radical (unpaired) electrons. The first-order chi connectivity index (χ1) is 7.54. The van der Waals surface area contributed by atoms with E-state index >= 15 is 0 Å². The van der Waals surface area contributed by atoms with E-state index < -0.39 is 0 Å². The SMILES string of the molecule is CSC(C)CNC(=O)c1cc(I)ccc1O. The summed E-state index contributed by atoms with van der Waals surface area (Å²) >= 11 is 3.80. The Morgan fingerprint density at radius 2 is 2.31 bits per heavy atom. The van der Waals surface area contributed by atoms with Crippen LogP contribution in [0.3, 0.4) is 0 Å². The molecule has 0 aromatic heterocycles. The van der Waals surface area contributed by atoms with Crippen molar-refractivity contribution in [3.05, 3.63) is 27.3 Å². The van der Waals surface area contributed by atoms with Crippen LogP contribution in [0.25, 0.3) is 0 Å². The number of carbonyl (C=O) groups excluding carboxylic acids is 1. The van der Waals surface area contributed by atoms with E-state index in [1.165, 1.54) is 6.07 Å². The van der Waals surface area contributed by atoms with E-state index in [-0.39, 0.29) is 11.7 Å². The van der Waals surface area contributed by atoms with Crippen LogP contribution in [-0.4, -0.2) is 29.1 Å². The number of benzene rings is 1. The molecule has 0 saturated heterocycles. The molecule has 16 heavy (non-hydrogen) atoms. The van der Waals surface area contributed by atoms with Crippen LogP contribution in [0.2, 0.25) is 0 Å². The Hall–Kier alpha value is -0.430.